The van der Waals surface area contributed by atoms with Crippen molar-refractivity contribution in [3.8, 4) is 0 Å². The first-order valence-electron chi connectivity index (χ1n) is 12.1. The molecule has 2 aromatic carbocycles. The zero-order valence-corrected chi connectivity index (χ0v) is 24.7. The molecule has 3 aromatic rings. The smallest absolute Gasteiger partial charge is 0.294 e. The predicted octanol–water partition coefficient (Wildman–Crippen LogP) is 0.213. The average Bonchev–Trinajstić information content (AvgIpc) is 2.96. The van der Waals surface area contributed by atoms with E-state index in [1.165, 1.54) is 12.1 Å². The van der Waals surface area contributed by atoms with Crippen LogP contribution in [0.4, 0.5) is 23.3 Å². The maximum absolute atomic E-state index is 12.7. The van der Waals surface area contributed by atoms with E-state index in [-0.39, 0.29) is 59.2 Å². The number of aliphatic hydroxyl groups is 2. The lowest BCUT2D eigenvalue weighted by Gasteiger charge is -2.13. The van der Waals surface area contributed by atoms with Crippen molar-refractivity contribution in [1.82, 2.24) is 19.7 Å². The number of benzene rings is 2. The van der Waals surface area contributed by atoms with Gasteiger partial charge in [0.2, 0.25) is 21.9 Å². The summed E-state index contributed by atoms with van der Waals surface area (Å²) in [5.41, 5.74) is -0.447. The summed E-state index contributed by atoms with van der Waals surface area (Å²) in [6.07, 6.45) is -1.73. The molecule has 0 aliphatic rings. The minimum atomic E-state index is -4.86. The zero-order chi connectivity index (χ0) is 32.7. The van der Waals surface area contributed by atoms with E-state index in [0.717, 1.165) is 24.3 Å². The Morgan fingerprint density at radius 3 is 2.02 bits per heavy atom. The molecule has 0 aliphatic carbocycles. The second-order valence-corrected chi connectivity index (χ2v) is 13.3. The Kier molecular flexibility index (Phi) is 10.9. The van der Waals surface area contributed by atoms with Gasteiger partial charge in [0.05, 0.1) is 40.5 Å². The highest BCUT2D eigenvalue weighted by Gasteiger charge is 2.22. The van der Waals surface area contributed by atoms with Crippen LogP contribution in [0.1, 0.15) is 11.4 Å². The van der Waals surface area contributed by atoms with E-state index in [1.807, 2.05) is 0 Å². The highest BCUT2D eigenvalue weighted by atomic mass is 32.2. The van der Waals surface area contributed by atoms with Crippen molar-refractivity contribution in [1.29, 1.82) is 0 Å². The van der Waals surface area contributed by atoms with Crippen LogP contribution in [-0.2, 0) is 36.7 Å². The van der Waals surface area contributed by atoms with Gasteiger partial charge in [-0.05, 0) is 29.8 Å². The molecule has 0 radical (unpaired) electrons. The predicted molar refractivity (Wildman–Crippen MR) is 153 cm³/mol. The summed E-state index contributed by atoms with van der Waals surface area (Å²) in [4.78, 5) is 17.0. The molecule has 234 valence electrons. The van der Waals surface area contributed by atoms with E-state index in [1.54, 1.807) is 0 Å². The topological polar surface area (TPSA) is 267 Å². The van der Waals surface area contributed by atoms with Crippen LogP contribution in [-0.4, -0.2) is 91.9 Å². The fourth-order valence-corrected chi connectivity index (χ4v) is 5.79. The van der Waals surface area contributed by atoms with Gasteiger partial charge in [-0.15, -0.1) is 0 Å². The lowest BCUT2D eigenvalue weighted by Crippen LogP contribution is -2.29. The SMILES string of the molecule is [C-]#[N+]c1ccc(S(=O)(=O)NCCNc2nc(Cc3cc(S(=O)(=O)O)ccc3S(=O)(=O)O)nc(NCC(O)CO)n2)cc1[N+]#[C-]. The third kappa shape index (κ3) is 9.09. The summed E-state index contributed by atoms with van der Waals surface area (Å²) in [6.45, 7) is 13.0. The van der Waals surface area contributed by atoms with Crippen molar-refractivity contribution in [2.75, 3.05) is 36.9 Å². The Morgan fingerprint density at radius 1 is 0.795 bits per heavy atom. The molecule has 1 heterocycles. The second-order valence-electron chi connectivity index (χ2n) is 8.71. The molecule has 0 spiro atoms. The van der Waals surface area contributed by atoms with Gasteiger partial charge in [-0.1, -0.05) is 12.1 Å². The molecule has 1 atom stereocenters. The fraction of sp³-hybridized carbons (Fsp3) is 0.261. The first-order chi connectivity index (χ1) is 20.6. The monoisotopic (exact) mass is 668 g/mol. The Bertz CT molecular complexity index is 1960. The van der Waals surface area contributed by atoms with E-state index in [4.69, 9.17) is 18.3 Å². The Morgan fingerprint density at radius 2 is 1.43 bits per heavy atom. The molecule has 0 bridgehead atoms. The van der Waals surface area contributed by atoms with Crippen LogP contribution in [0.25, 0.3) is 9.69 Å². The molecule has 21 heteroatoms. The molecule has 7 N–H and O–H groups in total. The first-order valence-corrected chi connectivity index (χ1v) is 16.4. The molecule has 0 fully saturated rings. The quantitative estimate of drug-likeness (QED) is 0.0688. The molecule has 1 unspecified atom stereocenters. The maximum Gasteiger partial charge on any atom is 0.294 e. The summed E-state index contributed by atoms with van der Waals surface area (Å²) < 4.78 is 93.7. The highest BCUT2D eigenvalue weighted by Crippen LogP contribution is 2.30. The third-order valence-electron chi connectivity index (χ3n) is 5.54. The summed E-state index contributed by atoms with van der Waals surface area (Å²) >= 11 is 0. The normalized spacial score (nSPS) is 12.6. The molecule has 0 saturated carbocycles. The lowest BCUT2D eigenvalue weighted by molar-refractivity contribution is 0.105. The molecular formula is C23H24N8O10S3. The van der Waals surface area contributed by atoms with E-state index in [2.05, 4.69) is 40.0 Å². The van der Waals surface area contributed by atoms with Crippen LogP contribution in [0.15, 0.2) is 51.1 Å². The lowest BCUT2D eigenvalue weighted by atomic mass is 10.1. The summed E-state index contributed by atoms with van der Waals surface area (Å²) in [5, 5.41) is 24.1. The summed E-state index contributed by atoms with van der Waals surface area (Å²) in [6, 6.07) is 5.79. The van der Waals surface area contributed by atoms with Gasteiger partial charge in [0.1, 0.15) is 5.82 Å². The Hall–Kier alpha value is -4.32. The standard InChI is InChI=1S/C23H24N8O10S3/c1-24-18-5-3-16(11-19(18)25-2)42(34,35)28-8-7-26-22-29-21(30-23(31-22)27-12-15(33)13-32)10-14-9-17(43(36,37)38)4-6-20(14)44(39,40)41/h3-6,9,11,15,28,32-33H,7-8,10,12-13H2,(H,36,37,38)(H,39,40,41)(H2,26,27,29,30,31). The van der Waals surface area contributed by atoms with E-state index in [9.17, 15) is 39.5 Å². The van der Waals surface area contributed by atoms with E-state index in [0.29, 0.717) is 0 Å². The van der Waals surface area contributed by atoms with E-state index < -0.39 is 59.2 Å². The van der Waals surface area contributed by atoms with Gasteiger partial charge in [0.15, 0.2) is 11.4 Å². The fourth-order valence-electron chi connectivity index (χ4n) is 3.50. The van der Waals surface area contributed by atoms with Crippen LogP contribution in [0.2, 0.25) is 0 Å². The minimum Gasteiger partial charge on any atom is -0.394 e. The number of hydrogen-bond acceptors (Lipinski definition) is 13. The van der Waals surface area contributed by atoms with E-state index >= 15 is 0 Å². The van der Waals surface area contributed by atoms with Crippen LogP contribution in [0, 0.1) is 13.1 Å². The number of aromatic nitrogens is 3. The van der Waals surface area contributed by atoms with Crippen molar-refractivity contribution in [2.24, 2.45) is 0 Å². The average molecular weight is 669 g/mol. The van der Waals surface area contributed by atoms with Gasteiger partial charge in [-0.25, -0.2) is 13.1 Å². The van der Waals surface area contributed by atoms with Crippen LogP contribution in [0.5, 0.6) is 0 Å². The van der Waals surface area contributed by atoms with Gasteiger partial charge >= 0.3 is 0 Å². The number of nitrogens with zero attached hydrogens (tertiary/aromatic N) is 5. The number of rotatable bonds is 14. The summed E-state index contributed by atoms with van der Waals surface area (Å²) in [7, 11) is -13.7. The van der Waals surface area contributed by atoms with Gasteiger partial charge in [-0.3, -0.25) is 18.8 Å². The van der Waals surface area contributed by atoms with Gasteiger partial charge in [0, 0.05) is 26.1 Å². The number of anilines is 2. The van der Waals surface area contributed by atoms with Crippen molar-refractivity contribution >= 4 is 53.5 Å². The molecular weight excluding hydrogens is 644 g/mol. The van der Waals surface area contributed by atoms with Gasteiger partial charge in [-0.2, -0.15) is 31.8 Å². The largest absolute Gasteiger partial charge is 0.394 e. The van der Waals surface area contributed by atoms with Crippen molar-refractivity contribution in [3.05, 3.63) is 70.6 Å². The van der Waals surface area contributed by atoms with Crippen LogP contribution in [0.3, 0.4) is 0 Å². The first kappa shape index (κ1) is 34.2. The second kappa shape index (κ2) is 14.0. The maximum atomic E-state index is 12.7. The van der Waals surface area contributed by atoms with Crippen molar-refractivity contribution < 1.29 is 44.6 Å². The highest BCUT2D eigenvalue weighted by molar-refractivity contribution is 7.89. The molecule has 3 rings (SSSR count). The number of sulfonamides is 1. The molecule has 0 aliphatic heterocycles. The Balaban J connectivity index is 1.86. The number of hydrogen-bond donors (Lipinski definition) is 7. The van der Waals surface area contributed by atoms with Gasteiger partial charge in [0.25, 0.3) is 20.2 Å². The van der Waals surface area contributed by atoms with Crippen molar-refractivity contribution in [3.63, 3.8) is 0 Å². The van der Waals surface area contributed by atoms with Crippen LogP contribution < -0.4 is 15.4 Å². The molecule has 18 nitrogen and oxygen atoms in total. The molecule has 0 amide bonds. The molecule has 44 heavy (non-hydrogen) atoms. The number of aliphatic hydroxyl groups excluding tert-OH is 2. The number of nitrogens with one attached hydrogen (secondary N) is 3. The van der Waals surface area contributed by atoms with Crippen molar-refractivity contribution in [2.45, 2.75) is 27.2 Å². The zero-order valence-electron chi connectivity index (χ0n) is 22.3. The molecule has 1 aromatic heterocycles. The molecule has 0 saturated heterocycles. The Labute approximate surface area is 252 Å². The summed E-state index contributed by atoms with van der Waals surface area (Å²) in [5.74, 6) is -0.546. The van der Waals surface area contributed by atoms with Gasteiger partial charge < -0.3 is 20.8 Å². The third-order valence-corrected chi connectivity index (χ3v) is 8.81. The minimum absolute atomic E-state index is 0.00408. The van der Waals surface area contributed by atoms with Crippen LogP contribution >= 0.6 is 0 Å².